The predicted octanol–water partition coefficient (Wildman–Crippen LogP) is 1.44. The number of sulfonamides is 1. The van der Waals surface area contributed by atoms with Crippen LogP contribution in [0.3, 0.4) is 0 Å². The van der Waals surface area contributed by atoms with Crippen LogP contribution in [0, 0.1) is 5.92 Å². The van der Waals surface area contributed by atoms with Crippen LogP contribution in [0.2, 0.25) is 0 Å². The Bertz CT molecular complexity index is 542. The fourth-order valence-corrected chi connectivity index (χ4v) is 4.34. The van der Waals surface area contributed by atoms with Gasteiger partial charge in [0.05, 0.1) is 11.5 Å². The first-order valence-corrected chi connectivity index (χ1v) is 8.37. The lowest BCUT2D eigenvalue weighted by Gasteiger charge is -2.21. The first kappa shape index (κ1) is 15.3. The average Bonchev–Trinajstić information content (AvgIpc) is 2.82. The number of rotatable bonds is 5. The minimum atomic E-state index is -3.44. The van der Waals surface area contributed by atoms with Crippen LogP contribution in [0.4, 0.5) is 0 Å². The topological polar surface area (TPSA) is 72.6 Å². The van der Waals surface area contributed by atoms with Gasteiger partial charge in [-0.15, -0.1) is 0 Å². The molecule has 1 aliphatic rings. The molecule has 5 nitrogen and oxygen atoms in total. The lowest BCUT2D eigenvalue weighted by Crippen LogP contribution is -2.34. The molecule has 2 atom stereocenters. The third kappa shape index (κ3) is 2.97. The van der Waals surface area contributed by atoms with Crippen molar-refractivity contribution < 1.29 is 13.2 Å². The zero-order valence-electron chi connectivity index (χ0n) is 12.0. The van der Waals surface area contributed by atoms with Crippen molar-refractivity contribution in [3.63, 3.8) is 0 Å². The monoisotopic (exact) mass is 298 g/mol. The van der Waals surface area contributed by atoms with E-state index in [9.17, 15) is 8.42 Å². The van der Waals surface area contributed by atoms with Crippen LogP contribution in [0.25, 0.3) is 0 Å². The highest BCUT2D eigenvalue weighted by Crippen LogP contribution is 2.29. The number of ether oxygens (including phenoxy) is 1. The molecule has 0 aliphatic carbocycles. The van der Waals surface area contributed by atoms with Gasteiger partial charge < -0.3 is 10.5 Å². The van der Waals surface area contributed by atoms with Gasteiger partial charge in [-0.2, -0.15) is 4.31 Å². The Balaban J connectivity index is 2.22. The fraction of sp³-hybridized carbons (Fsp3) is 0.571. The summed E-state index contributed by atoms with van der Waals surface area (Å²) >= 11 is 0. The molecule has 2 N–H and O–H groups in total. The van der Waals surface area contributed by atoms with Crippen molar-refractivity contribution in [2.24, 2.45) is 11.7 Å². The highest BCUT2D eigenvalue weighted by atomic mass is 32.2. The van der Waals surface area contributed by atoms with Gasteiger partial charge in [-0.3, -0.25) is 0 Å². The molecule has 6 heteroatoms. The molecule has 20 heavy (non-hydrogen) atoms. The smallest absolute Gasteiger partial charge is 0.243 e. The predicted molar refractivity (Wildman–Crippen MR) is 78.1 cm³/mol. The van der Waals surface area contributed by atoms with Crippen molar-refractivity contribution >= 4 is 10.0 Å². The van der Waals surface area contributed by atoms with Crippen molar-refractivity contribution in [2.75, 3.05) is 19.7 Å². The average molecular weight is 298 g/mol. The quantitative estimate of drug-likeness (QED) is 0.893. The van der Waals surface area contributed by atoms with Crippen molar-refractivity contribution in [1.29, 1.82) is 0 Å². The first-order valence-electron chi connectivity index (χ1n) is 6.93. The van der Waals surface area contributed by atoms with E-state index in [1.165, 1.54) is 0 Å². The molecule has 0 saturated carbocycles. The van der Waals surface area contributed by atoms with Gasteiger partial charge >= 0.3 is 0 Å². The van der Waals surface area contributed by atoms with Crippen LogP contribution in [-0.2, 0) is 10.0 Å². The van der Waals surface area contributed by atoms with Gasteiger partial charge in [0.25, 0.3) is 0 Å². The molecule has 2 rings (SSSR count). The molecule has 112 valence electrons. The largest absolute Gasteiger partial charge is 0.494 e. The summed E-state index contributed by atoms with van der Waals surface area (Å²) in [5.41, 5.74) is 5.66. The summed E-state index contributed by atoms with van der Waals surface area (Å²) in [4.78, 5) is 0.311. The number of nitrogens with two attached hydrogens (primary N) is 1. The molecule has 0 spiro atoms. The minimum absolute atomic E-state index is 0.000110. The minimum Gasteiger partial charge on any atom is -0.494 e. The Morgan fingerprint density at radius 2 is 2.00 bits per heavy atom. The fourth-order valence-electron chi connectivity index (χ4n) is 2.62. The van der Waals surface area contributed by atoms with Crippen LogP contribution in [0.15, 0.2) is 29.2 Å². The van der Waals surface area contributed by atoms with E-state index in [2.05, 4.69) is 0 Å². The number of nitrogens with zero attached hydrogens (tertiary/aromatic N) is 1. The van der Waals surface area contributed by atoms with E-state index in [1.54, 1.807) is 28.6 Å². The van der Waals surface area contributed by atoms with Crippen LogP contribution >= 0.6 is 0 Å². The molecular formula is C14H22N2O3S. The third-order valence-electron chi connectivity index (χ3n) is 3.68. The van der Waals surface area contributed by atoms with Crippen LogP contribution < -0.4 is 10.5 Å². The highest BCUT2D eigenvalue weighted by molar-refractivity contribution is 7.89. The van der Waals surface area contributed by atoms with Crippen molar-refractivity contribution in [3.05, 3.63) is 24.3 Å². The van der Waals surface area contributed by atoms with E-state index in [-0.39, 0.29) is 12.0 Å². The number of hydrogen-bond donors (Lipinski definition) is 1. The second kappa shape index (κ2) is 6.11. The third-order valence-corrected chi connectivity index (χ3v) is 5.67. The zero-order chi connectivity index (χ0) is 14.8. The molecule has 0 aromatic heterocycles. The van der Waals surface area contributed by atoms with Gasteiger partial charge in [0.15, 0.2) is 0 Å². The van der Waals surface area contributed by atoms with Gasteiger partial charge in [0, 0.05) is 12.6 Å². The van der Waals surface area contributed by atoms with Crippen LogP contribution in [0.5, 0.6) is 5.75 Å². The normalized spacial score (nSPS) is 23.9. The second-order valence-electron chi connectivity index (χ2n) is 5.17. The van der Waals surface area contributed by atoms with E-state index < -0.39 is 10.0 Å². The van der Waals surface area contributed by atoms with E-state index in [0.29, 0.717) is 30.3 Å². The molecular weight excluding hydrogens is 276 g/mol. The molecule has 1 aromatic carbocycles. The standard InChI is InChI=1S/C14H22N2O3S/c1-3-19-13-4-6-14(7-5-13)20(17,18)16-10-12(9-15)8-11(16)2/h4-7,11-12H,3,8-10,15H2,1-2H3. The molecule has 0 bridgehead atoms. The van der Waals surface area contributed by atoms with E-state index >= 15 is 0 Å². The summed E-state index contributed by atoms with van der Waals surface area (Å²) in [5, 5.41) is 0. The molecule has 1 aromatic rings. The molecule has 1 aliphatic heterocycles. The molecule has 0 radical (unpaired) electrons. The van der Waals surface area contributed by atoms with Gasteiger partial charge in [0.1, 0.15) is 5.75 Å². The molecule has 0 amide bonds. The summed E-state index contributed by atoms with van der Waals surface area (Å²) in [6, 6.07) is 6.58. The Morgan fingerprint density at radius 3 is 2.50 bits per heavy atom. The van der Waals surface area contributed by atoms with Gasteiger partial charge in [-0.1, -0.05) is 0 Å². The summed E-state index contributed by atoms with van der Waals surface area (Å²) in [5.74, 6) is 0.934. The Kier molecular flexibility index (Phi) is 4.67. The van der Waals surface area contributed by atoms with Crippen molar-refractivity contribution in [2.45, 2.75) is 31.2 Å². The van der Waals surface area contributed by atoms with Gasteiger partial charge in [0.2, 0.25) is 10.0 Å². The molecule has 1 fully saturated rings. The van der Waals surface area contributed by atoms with Crippen molar-refractivity contribution in [3.8, 4) is 5.75 Å². The Labute approximate surface area is 120 Å². The summed E-state index contributed by atoms with van der Waals surface area (Å²) < 4.78 is 32.1. The Morgan fingerprint density at radius 1 is 1.35 bits per heavy atom. The van der Waals surface area contributed by atoms with Crippen molar-refractivity contribution in [1.82, 2.24) is 4.31 Å². The maximum absolute atomic E-state index is 12.6. The first-order chi connectivity index (χ1) is 9.48. The number of hydrogen-bond acceptors (Lipinski definition) is 4. The number of benzene rings is 1. The van der Waals surface area contributed by atoms with Crippen LogP contribution in [0.1, 0.15) is 20.3 Å². The summed E-state index contributed by atoms with van der Waals surface area (Å²) in [6.45, 7) is 5.42. The van der Waals surface area contributed by atoms with Crippen LogP contribution in [-0.4, -0.2) is 38.5 Å². The summed E-state index contributed by atoms with van der Waals surface area (Å²) in [6.07, 6.45) is 0.826. The van der Waals surface area contributed by atoms with E-state index in [1.807, 2.05) is 13.8 Å². The van der Waals surface area contributed by atoms with E-state index in [4.69, 9.17) is 10.5 Å². The molecule has 1 heterocycles. The second-order valence-corrected chi connectivity index (χ2v) is 7.06. The Hall–Kier alpha value is -1.11. The molecule has 1 saturated heterocycles. The zero-order valence-corrected chi connectivity index (χ0v) is 12.8. The maximum atomic E-state index is 12.6. The SMILES string of the molecule is CCOc1ccc(S(=O)(=O)N2CC(CN)CC2C)cc1. The van der Waals surface area contributed by atoms with Gasteiger partial charge in [-0.25, -0.2) is 8.42 Å². The summed E-state index contributed by atoms with van der Waals surface area (Å²) in [7, 11) is -3.44. The lowest BCUT2D eigenvalue weighted by atomic mass is 10.1. The van der Waals surface area contributed by atoms with Gasteiger partial charge in [-0.05, 0) is 57.0 Å². The highest BCUT2D eigenvalue weighted by Gasteiger charge is 2.37. The van der Waals surface area contributed by atoms with E-state index in [0.717, 1.165) is 6.42 Å². The molecule has 2 unspecified atom stereocenters. The maximum Gasteiger partial charge on any atom is 0.243 e. The lowest BCUT2D eigenvalue weighted by molar-refractivity contribution is 0.340.